The molecule has 0 spiro atoms. The third kappa shape index (κ3) is 3.69. The molecule has 0 saturated carbocycles. The van der Waals surface area contributed by atoms with Crippen molar-refractivity contribution in [2.24, 2.45) is 11.8 Å². The topological polar surface area (TPSA) is 42.4 Å². The van der Waals surface area contributed by atoms with Gasteiger partial charge in [0.15, 0.2) is 0 Å². The number of rotatable bonds is 5. The molecule has 0 radical (unpaired) electrons. The van der Waals surface area contributed by atoms with Gasteiger partial charge in [0.25, 0.3) is 0 Å². The van der Waals surface area contributed by atoms with Gasteiger partial charge in [-0.1, -0.05) is 80.1 Å². The number of hydrogen-bond acceptors (Lipinski definition) is 4. The van der Waals surface area contributed by atoms with Crippen LogP contribution >= 0.6 is 0 Å². The van der Waals surface area contributed by atoms with Gasteiger partial charge >= 0.3 is 5.97 Å². The lowest BCUT2D eigenvalue weighted by molar-refractivity contribution is -0.158. The molecule has 186 valence electrons. The Labute approximate surface area is 218 Å². The standard InChI is InChI=1S/C33H32N2O2/c1-2-21-20-35-18-16-22(21)19-30(35)32(28-15-17-34-29-14-8-7-11-25(28)29)37-33(36)31-26-12-5-3-9-23(26)24-10-4-6-13-27(24)31/h3-15,17,21-22,30-32H,2,16,18-20H2,1H3/t21-,22-,30-,32+/m0/s1. The van der Waals surface area contributed by atoms with Crippen LogP contribution in [-0.2, 0) is 9.53 Å². The van der Waals surface area contributed by atoms with Crippen molar-refractivity contribution in [3.8, 4) is 11.1 Å². The molecule has 3 fully saturated rings. The number of ether oxygens (including phenoxy) is 1. The average Bonchev–Trinajstić information content (AvgIpc) is 3.30. The second-order valence-electron chi connectivity index (χ2n) is 10.9. The van der Waals surface area contributed by atoms with Gasteiger partial charge < -0.3 is 4.74 Å². The maximum absolute atomic E-state index is 14.2. The lowest BCUT2D eigenvalue weighted by Crippen LogP contribution is -2.55. The molecule has 3 aliphatic heterocycles. The summed E-state index contributed by atoms with van der Waals surface area (Å²) in [4.78, 5) is 21.4. The van der Waals surface area contributed by atoms with Crippen molar-refractivity contribution in [2.75, 3.05) is 13.1 Å². The zero-order valence-electron chi connectivity index (χ0n) is 21.2. The van der Waals surface area contributed by atoms with Gasteiger partial charge in [0, 0.05) is 23.7 Å². The second kappa shape index (κ2) is 9.11. The van der Waals surface area contributed by atoms with E-state index < -0.39 is 5.92 Å². The van der Waals surface area contributed by atoms with Crippen LogP contribution in [0, 0.1) is 11.8 Å². The summed E-state index contributed by atoms with van der Waals surface area (Å²) in [6.45, 7) is 4.49. The van der Waals surface area contributed by atoms with Gasteiger partial charge in [-0.05, 0) is 65.6 Å². The summed E-state index contributed by atoms with van der Waals surface area (Å²) >= 11 is 0. The van der Waals surface area contributed by atoms with Crippen LogP contribution in [0.4, 0.5) is 0 Å². The maximum atomic E-state index is 14.2. The molecule has 3 aromatic carbocycles. The smallest absolute Gasteiger partial charge is 0.318 e. The number of nitrogens with zero attached hydrogens (tertiary/aromatic N) is 2. The first-order valence-corrected chi connectivity index (χ1v) is 13.7. The van der Waals surface area contributed by atoms with Crippen LogP contribution in [0.5, 0.6) is 0 Å². The Balaban J connectivity index is 1.30. The van der Waals surface area contributed by atoms with Crippen molar-refractivity contribution in [1.82, 2.24) is 9.88 Å². The lowest BCUT2D eigenvalue weighted by atomic mass is 9.72. The summed E-state index contributed by atoms with van der Waals surface area (Å²) in [5.41, 5.74) is 6.38. The van der Waals surface area contributed by atoms with Crippen molar-refractivity contribution >= 4 is 16.9 Å². The third-order valence-corrected chi connectivity index (χ3v) is 9.11. The second-order valence-corrected chi connectivity index (χ2v) is 10.9. The molecule has 8 rings (SSSR count). The minimum absolute atomic E-state index is 0.155. The van der Waals surface area contributed by atoms with Crippen molar-refractivity contribution in [3.63, 3.8) is 0 Å². The van der Waals surface area contributed by atoms with E-state index >= 15 is 0 Å². The number of fused-ring (bicyclic) bond motifs is 7. The van der Waals surface area contributed by atoms with Gasteiger partial charge in [-0.3, -0.25) is 14.7 Å². The Morgan fingerprint density at radius 1 is 0.973 bits per heavy atom. The minimum Gasteiger partial charge on any atom is -0.455 e. The van der Waals surface area contributed by atoms with Crippen molar-refractivity contribution in [1.29, 1.82) is 0 Å². The summed E-state index contributed by atoms with van der Waals surface area (Å²) < 4.78 is 6.69. The first-order chi connectivity index (χ1) is 18.2. The molecule has 3 saturated heterocycles. The number of hydrogen-bond donors (Lipinski definition) is 0. The van der Waals surface area contributed by atoms with Gasteiger partial charge in [-0.15, -0.1) is 0 Å². The molecule has 4 nitrogen and oxygen atoms in total. The van der Waals surface area contributed by atoms with Crippen molar-refractivity contribution in [3.05, 3.63) is 102 Å². The fraction of sp³-hybridized carbons (Fsp3) is 0.333. The van der Waals surface area contributed by atoms with Crippen LogP contribution in [0.25, 0.3) is 22.0 Å². The Morgan fingerprint density at radius 2 is 1.68 bits per heavy atom. The number of benzene rings is 3. The fourth-order valence-electron chi connectivity index (χ4n) is 7.28. The number of piperidine rings is 3. The van der Waals surface area contributed by atoms with Crippen molar-refractivity contribution in [2.45, 2.75) is 44.2 Å². The summed E-state index contributed by atoms with van der Waals surface area (Å²) in [5, 5.41) is 1.07. The molecule has 2 bridgehead atoms. The van der Waals surface area contributed by atoms with E-state index in [0.29, 0.717) is 5.92 Å². The number of para-hydroxylation sites is 1. The molecule has 0 N–H and O–H groups in total. The predicted molar refractivity (Wildman–Crippen MR) is 146 cm³/mol. The highest BCUT2D eigenvalue weighted by Gasteiger charge is 2.45. The summed E-state index contributed by atoms with van der Waals surface area (Å²) in [6.07, 6.45) is 5.07. The Morgan fingerprint density at radius 3 is 2.38 bits per heavy atom. The lowest BCUT2D eigenvalue weighted by Gasteiger charge is -2.51. The molecule has 5 atom stereocenters. The first-order valence-electron chi connectivity index (χ1n) is 13.7. The average molecular weight is 489 g/mol. The molecule has 4 heterocycles. The highest BCUT2D eigenvalue weighted by molar-refractivity contribution is 5.94. The molecular formula is C33H32N2O2. The molecule has 4 heteroatoms. The molecule has 1 unspecified atom stereocenters. The van der Waals surface area contributed by atoms with E-state index in [1.54, 1.807) is 0 Å². The maximum Gasteiger partial charge on any atom is 0.318 e. The van der Waals surface area contributed by atoms with Gasteiger partial charge in [-0.2, -0.15) is 0 Å². The van der Waals surface area contributed by atoms with Gasteiger partial charge in [-0.25, -0.2) is 0 Å². The van der Waals surface area contributed by atoms with Crippen LogP contribution in [0.3, 0.4) is 0 Å². The molecule has 37 heavy (non-hydrogen) atoms. The normalized spacial score (nSPS) is 25.0. The number of aromatic nitrogens is 1. The summed E-state index contributed by atoms with van der Waals surface area (Å²) in [5.74, 6) is 0.881. The quantitative estimate of drug-likeness (QED) is 0.291. The zero-order chi connectivity index (χ0) is 24.9. The van der Waals surface area contributed by atoms with Gasteiger partial charge in [0.05, 0.1) is 11.6 Å². The van der Waals surface area contributed by atoms with E-state index in [2.05, 4.69) is 59.3 Å². The monoisotopic (exact) mass is 488 g/mol. The van der Waals surface area contributed by atoms with Crippen LogP contribution in [0.2, 0.25) is 0 Å². The number of esters is 1. The number of carbonyl (C=O) groups excluding carboxylic acids is 1. The van der Waals surface area contributed by atoms with Crippen LogP contribution in [0.1, 0.15) is 54.9 Å². The number of carbonyl (C=O) groups is 1. The van der Waals surface area contributed by atoms with E-state index in [0.717, 1.165) is 64.1 Å². The van der Waals surface area contributed by atoms with Crippen molar-refractivity contribution < 1.29 is 9.53 Å². The molecule has 1 aromatic heterocycles. The van der Waals surface area contributed by atoms with E-state index in [9.17, 15) is 4.79 Å². The molecule has 1 aliphatic carbocycles. The fourth-order valence-corrected chi connectivity index (χ4v) is 7.28. The zero-order valence-corrected chi connectivity index (χ0v) is 21.2. The van der Waals surface area contributed by atoms with Crippen LogP contribution in [-0.4, -0.2) is 35.0 Å². The van der Waals surface area contributed by atoms with Gasteiger partial charge in [0.2, 0.25) is 0 Å². The predicted octanol–water partition coefficient (Wildman–Crippen LogP) is 6.75. The molecule has 4 aliphatic rings. The van der Waals surface area contributed by atoms with E-state index in [-0.39, 0.29) is 18.1 Å². The highest BCUT2D eigenvalue weighted by Crippen LogP contribution is 2.48. The van der Waals surface area contributed by atoms with E-state index in [4.69, 9.17) is 4.74 Å². The summed E-state index contributed by atoms with van der Waals surface area (Å²) in [6, 6.07) is 27.0. The molecular weight excluding hydrogens is 456 g/mol. The van der Waals surface area contributed by atoms with E-state index in [1.807, 2.05) is 42.6 Å². The van der Waals surface area contributed by atoms with Gasteiger partial charge in [0.1, 0.15) is 12.0 Å². The van der Waals surface area contributed by atoms with Crippen LogP contribution < -0.4 is 0 Å². The molecule has 0 amide bonds. The minimum atomic E-state index is -0.401. The van der Waals surface area contributed by atoms with Crippen LogP contribution in [0.15, 0.2) is 85.1 Å². The summed E-state index contributed by atoms with van der Waals surface area (Å²) in [7, 11) is 0. The SMILES string of the molecule is CC[C@H]1CN2CC[C@H]1C[C@H]2[C@H](OC(=O)C1c2ccccc2-c2ccccc21)c1ccnc2ccccc12. The highest BCUT2D eigenvalue weighted by atomic mass is 16.5. The Bertz CT molecular complexity index is 1430. The Hall–Kier alpha value is -3.50. The largest absolute Gasteiger partial charge is 0.455 e. The number of pyridine rings is 1. The van der Waals surface area contributed by atoms with E-state index in [1.165, 1.54) is 12.8 Å². The molecule has 4 aromatic rings. The third-order valence-electron chi connectivity index (χ3n) is 9.11. The first kappa shape index (κ1) is 22.7. The Kier molecular flexibility index (Phi) is 5.58.